The number of nitrogens with one attached hydrogen (secondary N) is 2. The normalized spacial score (nSPS) is 14.7. The van der Waals surface area contributed by atoms with E-state index in [1.807, 2.05) is 36.4 Å². The van der Waals surface area contributed by atoms with Gasteiger partial charge in [0.05, 0.1) is 5.69 Å². The summed E-state index contributed by atoms with van der Waals surface area (Å²) in [6.45, 7) is 8.20. The molecule has 156 valence electrons. The summed E-state index contributed by atoms with van der Waals surface area (Å²) in [7, 11) is 0. The molecule has 1 saturated heterocycles. The molecule has 0 bridgehead atoms. The highest BCUT2D eigenvalue weighted by Crippen LogP contribution is 2.27. The maximum absolute atomic E-state index is 10.1. The Bertz CT molecular complexity index is 759. The molecule has 0 radical (unpaired) electrons. The van der Waals surface area contributed by atoms with Crippen LogP contribution in [0.2, 0.25) is 0 Å². The van der Waals surface area contributed by atoms with Crippen LogP contribution < -0.4 is 15.5 Å². The third-order valence-electron chi connectivity index (χ3n) is 4.95. The van der Waals surface area contributed by atoms with Crippen LogP contribution in [0.15, 0.2) is 53.7 Å². The molecule has 29 heavy (non-hydrogen) atoms. The van der Waals surface area contributed by atoms with Gasteiger partial charge in [0.1, 0.15) is 11.6 Å². The second-order valence-electron chi connectivity index (χ2n) is 7.05. The maximum Gasteiger partial charge on any atom is 0.194 e. The van der Waals surface area contributed by atoms with Crippen molar-refractivity contribution in [2.75, 3.05) is 56.0 Å². The first-order chi connectivity index (χ1) is 14.3. The number of hydrogen-bond acceptors (Lipinski definition) is 5. The van der Waals surface area contributed by atoms with E-state index >= 15 is 0 Å². The molecule has 0 spiro atoms. The van der Waals surface area contributed by atoms with Crippen molar-refractivity contribution in [2.24, 2.45) is 4.99 Å². The van der Waals surface area contributed by atoms with E-state index in [0.29, 0.717) is 5.75 Å². The van der Waals surface area contributed by atoms with Crippen LogP contribution in [0.4, 0.5) is 11.5 Å². The Balaban J connectivity index is 1.42. The predicted molar refractivity (Wildman–Crippen MR) is 120 cm³/mol. The summed E-state index contributed by atoms with van der Waals surface area (Å²) in [5.41, 5.74) is 0.912. The molecule has 7 nitrogen and oxygen atoms in total. The molecule has 0 saturated carbocycles. The first-order valence-corrected chi connectivity index (χ1v) is 10.5. The Hall–Kier alpha value is -2.96. The van der Waals surface area contributed by atoms with Crippen LogP contribution in [0.5, 0.6) is 5.75 Å². The second-order valence-corrected chi connectivity index (χ2v) is 7.05. The Kier molecular flexibility index (Phi) is 7.98. The van der Waals surface area contributed by atoms with E-state index in [4.69, 9.17) is 4.99 Å². The van der Waals surface area contributed by atoms with Gasteiger partial charge < -0.3 is 25.5 Å². The highest BCUT2D eigenvalue weighted by Gasteiger charge is 2.21. The molecule has 0 aliphatic carbocycles. The molecule has 0 atom stereocenters. The number of nitrogens with zero attached hydrogens (tertiary/aromatic N) is 4. The van der Waals surface area contributed by atoms with E-state index in [1.165, 1.54) is 0 Å². The number of phenols is 1. The van der Waals surface area contributed by atoms with Crippen LogP contribution in [-0.4, -0.2) is 66.8 Å². The summed E-state index contributed by atoms with van der Waals surface area (Å²) in [5.74, 6) is 2.26. The van der Waals surface area contributed by atoms with E-state index < -0.39 is 0 Å². The lowest BCUT2D eigenvalue weighted by molar-refractivity contribution is 0.369. The third kappa shape index (κ3) is 6.27. The lowest BCUT2D eigenvalue weighted by Gasteiger charge is -2.37. The molecule has 1 aliphatic rings. The van der Waals surface area contributed by atoms with Gasteiger partial charge in [-0.2, -0.15) is 0 Å². The number of unbranched alkanes of at least 4 members (excludes halogenated alkanes) is 1. The van der Waals surface area contributed by atoms with Gasteiger partial charge in [-0.1, -0.05) is 18.2 Å². The van der Waals surface area contributed by atoms with Gasteiger partial charge in [-0.05, 0) is 44.0 Å². The summed E-state index contributed by atoms with van der Waals surface area (Å²) in [5, 5.41) is 16.8. The van der Waals surface area contributed by atoms with E-state index in [0.717, 1.165) is 76.1 Å². The lowest BCUT2D eigenvalue weighted by Crippen LogP contribution is -2.52. The van der Waals surface area contributed by atoms with Crippen molar-refractivity contribution in [1.29, 1.82) is 0 Å². The SMILES string of the molecule is CCNC(=NCCCCNc1ccccn1)N1CCN(c2ccccc2O)CC1. The van der Waals surface area contributed by atoms with E-state index in [9.17, 15) is 5.11 Å². The van der Waals surface area contributed by atoms with Crippen LogP contribution in [-0.2, 0) is 0 Å². The van der Waals surface area contributed by atoms with Gasteiger partial charge in [0.2, 0.25) is 0 Å². The first kappa shape index (κ1) is 20.8. The highest BCUT2D eigenvalue weighted by molar-refractivity contribution is 5.80. The number of para-hydroxylation sites is 2. The third-order valence-corrected chi connectivity index (χ3v) is 4.95. The fourth-order valence-corrected chi connectivity index (χ4v) is 3.42. The zero-order chi connectivity index (χ0) is 20.3. The minimum atomic E-state index is 0.348. The van der Waals surface area contributed by atoms with E-state index in [-0.39, 0.29) is 0 Å². The standard InChI is InChI=1S/C22H32N6O/c1-2-23-22(26-14-8-7-13-25-21-11-5-6-12-24-21)28-17-15-27(16-18-28)19-9-3-4-10-20(19)29/h3-6,9-12,29H,2,7-8,13-18H2,1H3,(H,23,26)(H,24,25). The molecule has 3 N–H and O–H groups in total. The van der Waals surface area contributed by atoms with E-state index in [2.05, 4.69) is 32.3 Å². The van der Waals surface area contributed by atoms with Crippen molar-refractivity contribution < 1.29 is 5.11 Å². The molecule has 2 aromatic rings. The van der Waals surface area contributed by atoms with Gasteiger partial charge in [0.25, 0.3) is 0 Å². The average Bonchev–Trinajstić information content (AvgIpc) is 2.77. The average molecular weight is 397 g/mol. The molecule has 1 aromatic carbocycles. The van der Waals surface area contributed by atoms with Crippen molar-refractivity contribution in [3.05, 3.63) is 48.7 Å². The zero-order valence-corrected chi connectivity index (χ0v) is 17.2. The number of aromatic nitrogens is 1. The van der Waals surface area contributed by atoms with Gasteiger partial charge in [0.15, 0.2) is 5.96 Å². The van der Waals surface area contributed by atoms with Gasteiger partial charge in [0, 0.05) is 52.0 Å². The van der Waals surface area contributed by atoms with Crippen LogP contribution in [0.25, 0.3) is 0 Å². The molecular weight excluding hydrogens is 364 g/mol. The van der Waals surface area contributed by atoms with Gasteiger partial charge >= 0.3 is 0 Å². The number of benzene rings is 1. The Morgan fingerprint density at radius 3 is 2.59 bits per heavy atom. The summed E-state index contributed by atoms with van der Waals surface area (Å²) in [6.07, 6.45) is 3.89. The molecule has 1 aliphatic heterocycles. The summed E-state index contributed by atoms with van der Waals surface area (Å²) in [6, 6.07) is 13.4. The summed E-state index contributed by atoms with van der Waals surface area (Å²) in [4.78, 5) is 13.6. The Morgan fingerprint density at radius 1 is 1.07 bits per heavy atom. The van der Waals surface area contributed by atoms with Crippen LogP contribution in [0, 0.1) is 0 Å². The van der Waals surface area contributed by atoms with Crippen molar-refractivity contribution in [2.45, 2.75) is 19.8 Å². The molecular formula is C22H32N6O. The second kappa shape index (κ2) is 11.1. The largest absolute Gasteiger partial charge is 0.506 e. The predicted octanol–water partition coefficient (Wildman–Crippen LogP) is 2.77. The molecule has 1 fully saturated rings. The number of hydrogen-bond donors (Lipinski definition) is 3. The topological polar surface area (TPSA) is 76.0 Å². The molecule has 3 rings (SSSR count). The minimum Gasteiger partial charge on any atom is -0.506 e. The first-order valence-electron chi connectivity index (χ1n) is 10.5. The van der Waals surface area contributed by atoms with E-state index in [1.54, 1.807) is 12.3 Å². The molecule has 2 heterocycles. The maximum atomic E-state index is 10.1. The monoisotopic (exact) mass is 396 g/mol. The number of anilines is 2. The number of aliphatic imine (C=N–C) groups is 1. The highest BCUT2D eigenvalue weighted by atomic mass is 16.3. The lowest BCUT2D eigenvalue weighted by atomic mass is 10.2. The van der Waals surface area contributed by atoms with Crippen LogP contribution in [0.1, 0.15) is 19.8 Å². The summed E-state index contributed by atoms with van der Waals surface area (Å²) >= 11 is 0. The minimum absolute atomic E-state index is 0.348. The van der Waals surface area contributed by atoms with Crippen molar-refractivity contribution >= 4 is 17.5 Å². The zero-order valence-electron chi connectivity index (χ0n) is 17.2. The number of phenolic OH excluding ortho intramolecular Hbond substituents is 1. The Morgan fingerprint density at radius 2 is 1.86 bits per heavy atom. The molecule has 0 unspecified atom stereocenters. The van der Waals surface area contributed by atoms with Crippen LogP contribution >= 0.6 is 0 Å². The van der Waals surface area contributed by atoms with Crippen molar-refractivity contribution in [3.8, 4) is 5.75 Å². The van der Waals surface area contributed by atoms with Crippen LogP contribution in [0.3, 0.4) is 0 Å². The van der Waals surface area contributed by atoms with Crippen molar-refractivity contribution in [3.63, 3.8) is 0 Å². The Labute approximate surface area is 173 Å². The number of guanidine groups is 1. The van der Waals surface area contributed by atoms with Gasteiger partial charge in [-0.15, -0.1) is 0 Å². The number of pyridine rings is 1. The number of rotatable bonds is 8. The quantitative estimate of drug-likeness (QED) is 0.362. The van der Waals surface area contributed by atoms with Gasteiger partial charge in [-0.3, -0.25) is 4.99 Å². The fraction of sp³-hybridized carbons (Fsp3) is 0.455. The van der Waals surface area contributed by atoms with Crippen molar-refractivity contribution in [1.82, 2.24) is 15.2 Å². The molecule has 7 heteroatoms. The molecule has 0 amide bonds. The summed E-state index contributed by atoms with van der Waals surface area (Å²) < 4.78 is 0. The number of aromatic hydroxyl groups is 1. The van der Waals surface area contributed by atoms with Gasteiger partial charge in [-0.25, -0.2) is 4.98 Å². The smallest absolute Gasteiger partial charge is 0.194 e. The molecule has 1 aromatic heterocycles. The number of piperazine rings is 1. The fourth-order valence-electron chi connectivity index (χ4n) is 3.42.